The predicted molar refractivity (Wildman–Crippen MR) is 114 cm³/mol. The van der Waals surface area contributed by atoms with E-state index >= 15 is 0 Å². The Balaban J connectivity index is 1.85. The van der Waals surface area contributed by atoms with Crippen molar-refractivity contribution in [1.29, 1.82) is 0 Å². The lowest BCUT2D eigenvalue weighted by Gasteiger charge is -2.20. The lowest BCUT2D eigenvalue weighted by molar-refractivity contribution is 0.0999. The number of carbonyl (C=O) groups is 1. The molecule has 0 spiro atoms. The van der Waals surface area contributed by atoms with Crippen LogP contribution < -0.4 is 10.5 Å². The van der Waals surface area contributed by atoms with E-state index in [1.54, 1.807) is 24.2 Å². The van der Waals surface area contributed by atoms with Crippen LogP contribution in [0.1, 0.15) is 22.8 Å². The maximum atomic E-state index is 13.4. The molecule has 0 saturated carbocycles. The van der Waals surface area contributed by atoms with E-state index in [0.29, 0.717) is 10.7 Å². The number of rotatable bonds is 4. The molecular weight excluding hydrogens is 370 g/mol. The molecule has 5 nitrogen and oxygen atoms in total. The number of para-hydroxylation sites is 1. The van der Waals surface area contributed by atoms with Gasteiger partial charge in [-0.2, -0.15) is 0 Å². The number of thiazole rings is 1. The number of anilines is 2. The molecule has 0 aliphatic rings. The van der Waals surface area contributed by atoms with Crippen LogP contribution in [-0.4, -0.2) is 15.5 Å². The minimum atomic E-state index is -0.277. The molecule has 0 bridgehead atoms. The van der Waals surface area contributed by atoms with Gasteiger partial charge in [0.1, 0.15) is 0 Å². The van der Waals surface area contributed by atoms with Gasteiger partial charge in [0.25, 0.3) is 11.5 Å². The van der Waals surface area contributed by atoms with Crippen LogP contribution in [0.15, 0.2) is 71.7 Å². The van der Waals surface area contributed by atoms with Gasteiger partial charge in [-0.15, -0.1) is 0 Å². The number of hydrogen-bond donors (Lipinski definition) is 0. The molecule has 0 aliphatic carbocycles. The number of nitrogens with zero attached hydrogens (tertiary/aromatic N) is 3. The highest BCUT2D eigenvalue weighted by Crippen LogP contribution is 2.34. The van der Waals surface area contributed by atoms with Crippen molar-refractivity contribution in [2.24, 2.45) is 7.05 Å². The van der Waals surface area contributed by atoms with Gasteiger partial charge in [0.2, 0.25) is 0 Å². The molecule has 2 aromatic carbocycles. The van der Waals surface area contributed by atoms with Crippen LogP contribution in [-0.2, 0) is 13.5 Å². The first-order valence-electron chi connectivity index (χ1n) is 9.02. The quantitative estimate of drug-likeness (QED) is 0.515. The molecule has 6 heteroatoms. The van der Waals surface area contributed by atoms with Crippen molar-refractivity contribution in [3.63, 3.8) is 0 Å². The van der Waals surface area contributed by atoms with Crippen molar-refractivity contribution in [3.8, 4) is 0 Å². The zero-order chi connectivity index (χ0) is 19.7. The van der Waals surface area contributed by atoms with Crippen LogP contribution in [0.2, 0.25) is 0 Å². The van der Waals surface area contributed by atoms with E-state index < -0.39 is 0 Å². The molecular formula is C22H19N3O2S. The van der Waals surface area contributed by atoms with E-state index in [1.165, 1.54) is 27.5 Å². The molecule has 0 saturated heterocycles. The lowest BCUT2D eigenvalue weighted by atomic mass is 10.1. The molecule has 0 radical (unpaired) electrons. The van der Waals surface area contributed by atoms with E-state index in [-0.39, 0.29) is 11.5 Å². The fraction of sp³-hybridized carbons (Fsp3) is 0.136. The topological polar surface area (TPSA) is 55.2 Å². The summed E-state index contributed by atoms with van der Waals surface area (Å²) in [6.45, 7) is 2.09. The molecule has 0 aliphatic heterocycles. The smallest absolute Gasteiger partial charge is 0.264 e. The van der Waals surface area contributed by atoms with Gasteiger partial charge in [-0.25, -0.2) is 4.98 Å². The summed E-state index contributed by atoms with van der Waals surface area (Å²) in [6.07, 6.45) is 2.52. The number of carbonyl (C=O) groups excluding carboxylic acids is 1. The predicted octanol–water partition coefficient (Wildman–Crippen LogP) is 4.54. The van der Waals surface area contributed by atoms with Crippen LogP contribution in [0, 0.1) is 0 Å². The summed E-state index contributed by atoms with van der Waals surface area (Å²) >= 11 is 1.45. The molecule has 2 aromatic heterocycles. The zero-order valence-corrected chi connectivity index (χ0v) is 16.4. The number of amides is 1. The Bertz CT molecular complexity index is 1180. The summed E-state index contributed by atoms with van der Waals surface area (Å²) in [7, 11) is 1.66. The maximum absolute atomic E-state index is 13.4. The Kier molecular flexibility index (Phi) is 4.79. The van der Waals surface area contributed by atoms with Crippen molar-refractivity contribution in [2.45, 2.75) is 13.3 Å². The highest BCUT2D eigenvalue weighted by Gasteiger charge is 2.23. The number of aryl methyl sites for hydroxylation is 2. The summed E-state index contributed by atoms with van der Waals surface area (Å²) in [5.41, 5.74) is 2.86. The normalized spacial score (nSPS) is 10.9. The minimum absolute atomic E-state index is 0.226. The third-order valence-electron chi connectivity index (χ3n) is 4.63. The highest BCUT2D eigenvalue weighted by atomic mass is 32.1. The Labute approximate surface area is 166 Å². The van der Waals surface area contributed by atoms with Gasteiger partial charge in [0.05, 0.1) is 15.9 Å². The molecule has 0 fully saturated rings. The number of pyridine rings is 1. The first-order valence-corrected chi connectivity index (χ1v) is 9.84. The second-order valence-corrected chi connectivity index (χ2v) is 7.50. The molecule has 28 heavy (non-hydrogen) atoms. The third-order valence-corrected chi connectivity index (χ3v) is 5.65. The Morgan fingerprint density at radius 1 is 1.11 bits per heavy atom. The first-order chi connectivity index (χ1) is 13.6. The summed E-state index contributed by atoms with van der Waals surface area (Å²) in [6, 6.07) is 18.7. The molecule has 2 heterocycles. The number of aromatic nitrogens is 2. The standard InChI is InChI=1S/C22H19N3O2S/c1-3-15-8-10-17(11-9-15)25(21(27)16-12-13-24(2)20(26)14-16)22-23-18-6-4-5-7-19(18)28-22/h4-14H,3H2,1-2H3. The summed E-state index contributed by atoms with van der Waals surface area (Å²) in [5.74, 6) is -0.277. The zero-order valence-electron chi connectivity index (χ0n) is 15.6. The van der Waals surface area contributed by atoms with Crippen LogP contribution in [0.5, 0.6) is 0 Å². The fourth-order valence-electron chi connectivity index (χ4n) is 2.96. The van der Waals surface area contributed by atoms with Gasteiger partial charge >= 0.3 is 0 Å². The van der Waals surface area contributed by atoms with E-state index in [4.69, 9.17) is 0 Å². The van der Waals surface area contributed by atoms with E-state index in [9.17, 15) is 9.59 Å². The molecule has 4 rings (SSSR count). The van der Waals surface area contributed by atoms with Crippen molar-refractivity contribution >= 4 is 38.3 Å². The highest BCUT2D eigenvalue weighted by molar-refractivity contribution is 7.22. The summed E-state index contributed by atoms with van der Waals surface area (Å²) < 4.78 is 2.44. The Morgan fingerprint density at radius 2 is 1.86 bits per heavy atom. The van der Waals surface area contributed by atoms with Crippen molar-refractivity contribution in [3.05, 3.63) is 88.3 Å². The van der Waals surface area contributed by atoms with Gasteiger partial charge in [0, 0.05) is 24.9 Å². The summed E-state index contributed by atoms with van der Waals surface area (Å²) in [5, 5.41) is 0.580. The van der Waals surface area contributed by atoms with Gasteiger partial charge in [-0.3, -0.25) is 14.5 Å². The second-order valence-electron chi connectivity index (χ2n) is 6.49. The van der Waals surface area contributed by atoms with Crippen LogP contribution >= 0.6 is 11.3 Å². The third kappa shape index (κ3) is 3.34. The van der Waals surface area contributed by atoms with Gasteiger partial charge in [-0.05, 0) is 42.3 Å². The van der Waals surface area contributed by atoms with Gasteiger partial charge in [-0.1, -0.05) is 42.5 Å². The average molecular weight is 389 g/mol. The molecule has 0 N–H and O–H groups in total. The molecule has 4 aromatic rings. The first kappa shape index (κ1) is 18.1. The number of hydrogen-bond acceptors (Lipinski definition) is 4. The average Bonchev–Trinajstić information content (AvgIpc) is 3.14. The van der Waals surface area contributed by atoms with E-state index in [2.05, 4.69) is 11.9 Å². The SMILES string of the molecule is CCc1ccc(N(C(=O)c2ccn(C)c(=O)c2)c2nc3ccccc3s2)cc1. The lowest BCUT2D eigenvalue weighted by Crippen LogP contribution is -2.28. The molecule has 0 atom stereocenters. The second kappa shape index (κ2) is 7.40. The maximum Gasteiger partial charge on any atom is 0.264 e. The van der Waals surface area contributed by atoms with Gasteiger partial charge in [0.15, 0.2) is 5.13 Å². The Morgan fingerprint density at radius 3 is 2.54 bits per heavy atom. The van der Waals surface area contributed by atoms with E-state index in [1.807, 2.05) is 48.5 Å². The van der Waals surface area contributed by atoms with Crippen LogP contribution in [0.3, 0.4) is 0 Å². The van der Waals surface area contributed by atoms with Crippen molar-refractivity contribution in [1.82, 2.24) is 9.55 Å². The monoisotopic (exact) mass is 389 g/mol. The molecule has 1 amide bonds. The largest absolute Gasteiger partial charge is 0.319 e. The number of fused-ring (bicyclic) bond motifs is 1. The van der Waals surface area contributed by atoms with Gasteiger partial charge < -0.3 is 4.57 Å². The molecule has 0 unspecified atom stereocenters. The fourth-order valence-corrected chi connectivity index (χ4v) is 3.95. The van der Waals surface area contributed by atoms with Crippen molar-refractivity contribution < 1.29 is 4.79 Å². The Hall–Kier alpha value is -3.25. The minimum Gasteiger partial charge on any atom is -0.319 e. The molecule has 140 valence electrons. The number of benzene rings is 2. The summed E-state index contributed by atoms with van der Waals surface area (Å²) in [4.78, 5) is 31.7. The van der Waals surface area contributed by atoms with Crippen LogP contribution in [0.25, 0.3) is 10.2 Å². The van der Waals surface area contributed by atoms with Crippen molar-refractivity contribution in [2.75, 3.05) is 4.90 Å². The van der Waals surface area contributed by atoms with Crippen LogP contribution in [0.4, 0.5) is 10.8 Å². The van der Waals surface area contributed by atoms with E-state index in [0.717, 1.165) is 22.3 Å².